The maximum Gasteiger partial charge on any atom is 0.308 e. The van der Waals surface area contributed by atoms with Gasteiger partial charge in [0.1, 0.15) is 17.3 Å². The van der Waals surface area contributed by atoms with Gasteiger partial charge >= 0.3 is 5.97 Å². The van der Waals surface area contributed by atoms with Crippen LogP contribution in [0.3, 0.4) is 0 Å². The first-order chi connectivity index (χ1) is 9.54. The highest BCUT2D eigenvalue weighted by Crippen LogP contribution is 2.29. The summed E-state index contributed by atoms with van der Waals surface area (Å²) in [4.78, 5) is 25.3. The summed E-state index contributed by atoms with van der Waals surface area (Å²) in [6.45, 7) is 5.28. The normalized spacial score (nSPS) is 23.2. The minimum atomic E-state index is -0.724. The molecule has 6 heteroatoms. The van der Waals surface area contributed by atoms with E-state index >= 15 is 0 Å². The largest absolute Gasteiger partial charge is 0.481 e. The predicted molar refractivity (Wildman–Crippen MR) is 75.7 cm³/mol. The standard InChI is InChI=1S/C14H18N4O2/c1-8-5-10(14(19)20)7-18(6-8)13-11-3-4-15-12(11)16-9(2)17-13/h3-4,8,10H,5-7H2,1-2H3,(H,19,20)(H,15,16,17). The molecular formula is C14H18N4O2. The number of rotatable bonds is 2. The van der Waals surface area contributed by atoms with Gasteiger partial charge in [-0.15, -0.1) is 0 Å². The van der Waals surface area contributed by atoms with Crippen LogP contribution < -0.4 is 4.90 Å². The lowest BCUT2D eigenvalue weighted by Gasteiger charge is -2.35. The number of nitrogens with one attached hydrogen (secondary N) is 1. The molecule has 0 saturated carbocycles. The van der Waals surface area contributed by atoms with Crippen LogP contribution in [0.4, 0.5) is 5.82 Å². The smallest absolute Gasteiger partial charge is 0.308 e. The third-order valence-corrected chi connectivity index (χ3v) is 3.82. The zero-order chi connectivity index (χ0) is 14.3. The Morgan fingerprint density at radius 2 is 2.25 bits per heavy atom. The van der Waals surface area contributed by atoms with Crippen LogP contribution in [-0.2, 0) is 4.79 Å². The number of anilines is 1. The molecule has 106 valence electrons. The molecule has 1 aliphatic rings. The molecule has 2 atom stereocenters. The Labute approximate surface area is 116 Å². The average Bonchev–Trinajstić information content (AvgIpc) is 2.84. The van der Waals surface area contributed by atoms with E-state index in [9.17, 15) is 9.90 Å². The van der Waals surface area contributed by atoms with E-state index in [0.29, 0.717) is 18.3 Å². The van der Waals surface area contributed by atoms with Crippen molar-refractivity contribution in [1.82, 2.24) is 15.0 Å². The molecule has 2 unspecified atom stereocenters. The van der Waals surface area contributed by atoms with Gasteiger partial charge in [-0.1, -0.05) is 6.92 Å². The highest BCUT2D eigenvalue weighted by Gasteiger charge is 2.31. The lowest BCUT2D eigenvalue weighted by atomic mass is 9.90. The molecule has 3 rings (SSSR count). The predicted octanol–water partition coefficient (Wildman–Crippen LogP) is 1.81. The average molecular weight is 274 g/mol. The van der Waals surface area contributed by atoms with Gasteiger partial charge < -0.3 is 15.0 Å². The number of carbonyl (C=O) groups is 1. The molecule has 0 amide bonds. The molecule has 6 nitrogen and oxygen atoms in total. The summed E-state index contributed by atoms with van der Waals surface area (Å²) >= 11 is 0. The highest BCUT2D eigenvalue weighted by molar-refractivity contribution is 5.88. The molecule has 1 aliphatic heterocycles. The third-order valence-electron chi connectivity index (χ3n) is 3.82. The van der Waals surface area contributed by atoms with E-state index < -0.39 is 5.97 Å². The number of piperidine rings is 1. The Bertz CT molecular complexity index is 652. The molecule has 3 heterocycles. The SMILES string of the molecule is Cc1nc(N2CC(C)CC(C(=O)O)C2)c2cc[nH]c2n1. The molecule has 0 radical (unpaired) electrons. The first-order valence-electron chi connectivity index (χ1n) is 6.84. The molecule has 2 N–H and O–H groups in total. The summed E-state index contributed by atoms with van der Waals surface area (Å²) in [6, 6.07) is 1.94. The van der Waals surface area contributed by atoms with Crippen molar-refractivity contribution in [1.29, 1.82) is 0 Å². The van der Waals surface area contributed by atoms with Crippen LogP contribution in [0.2, 0.25) is 0 Å². The fourth-order valence-electron chi connectivity index (χ4n) is 2.98. The zero-order valence-electron chi connectivity index (χ0n) is 11.6. The van der Waals surface area contributed by atoms with Crippen LogP contribution in [0.15, 0.2) is 12.3 Å². The van der Waals surface area contributed by atoms with Gasteiger partial charge in [0.15, 0.2) is 0 Å². The van der Waals surface area contributed by atoms with Crippen LogP contribution in [-0.4, -0.2) is 39.1 Å². The second-order valence-electron chi connectivity index (χ2n) is 5.62. The lowest BCUT2D eigenvalue weighted by Crippen LogP contribution is -2.43. The molecule has 0 bridgehead atoms. The number of hydrogen-bond acceptors (Lipinski definition) is 4. The van der Waals surface area contributed by atoms with Crippen molar-refractivity contribution in [2.45, 2.75) is 20.3 Å². The number of hydrogen-bond donors (Lipinski definition) is 2. The van der Waals surface area contributed by atoms with E-state index in [1.165, 1.54) is 0 Å². The number of carboxylic acid groups (broad SMARTS) is 1. The summed E-state index contributed by atoms with van der Waals surface area (Å²) in [5.41, 5.74) is 0.803. The monoisotopic (exact) mass is 274 g/mol. The molecule has 0 aliphatic carbocycles. The molecular weight excluding hydrogens is 256 g/mol. The number of aromatic amines is 1. The van der Waals surface area contributed by atoms with Gasteiger partial charge in [0, 0.05) is 19.3 Å². The van der Waals surface area contributed by atoms with Crippen LogP contribution in [0, 0.1) is 18.8 Å². The van der Waals surface area contributed by atoms with Crippen LogP contribution in [0.25, 0.3) is 11.0 Å². The molecule has 0 spiro atoms. The van der Waals surface area contributed by atoms with Crippen LogP contribution in [0.5, 0.6) is 0 Å². The Balaban J connectivity index is 2.01. The van der Waals surface area contributed by atoms with Gasteiger partial charge in [0.2, 0.25) is 0 Å². The van der Waals surface area contributed by atoms with Gasteiger partial charge in [0.05, 0.1) is 11.3 Å². The van der Waals surface area contributed by atoms with Crippen LogP contribution in [0.1, 0.15) is 19.2 Å². The fourth-order valence-corrected chi connectivity index (χ4v) is 2.98. The number of H-pyrrole nitrogens is 1. The number of fused-ring (bicyclic) bond motifs is 1. The lowest BCUT2D eigenvalue weighted by molar-refractivity contribution is -0.142. The molecule has 2 aromatic rings. The van der Waals surface area contributed by atoms with Crippen molar-refractivity contribution in [3.8, 4) is 0 Å². The van der Waals surface area contributed by atoms with E-state index in [4.69, 9.17) is 0 Å². The molecule has 1 fully saturated rings. The van der Waals surface area contributed by atoms with E-state index in [1.54, 1.807) is 0 Å². The van der Waals surface area contributed by atoms with E-state index in [1.807, 2.05) is 19.2 Å². The summed E-state index contributed by atoms with van der Waals surface area (Å²) < 4.78 is 0. The van der Waals surface area contributed by atoms with Gasteiger partial charge in [-0.05, 0) is 25.3 Å². The summed E-state index contributed by atoms with van der Waals surface area (Å²) in [5, 5.41) is 10.2. The van der Waals surface area contributed by atoms with Gasteiger partial charge in [-0.3, -0.25) is 4.79 Å². The molecule has 20 heavy (non-hydrogen) atoms. The van der Waals surface area contributed by atoms with E-state index in [-0.39, 0.29) is 5.92 Å². The Hall–Kier alpha value is -2.11. The number of aliphatic carboxylic acids is 1. The summed E-state index contributed by atoms with van der Waals surface area (Å²) in [5.74, 6) is 0.821. The van der Waals surface area contributed by atoms with Crippen molar-refractivity contribution in [2.75, 3.05) is 18.0 Å². The summed E-state index contributed by atoms with van der Waals surface area (Å²) in [7, 11) is 0. The number of aromatic nitrogens is 3. The Kier molecular flexibility index (Phi) is 3.08. The fraction of sp³-hybridized carbons (Fsp3) is 0.500. The van der Waals surface area contributed by atoms with E-state index in [0.717, 1.165) is 29.8 Å². The van der Waals surface area contributed by atoms with Crippen LogP contribution >= 0.6 is 0 Å². The first kappa shape index (κ1) is 12.9. The third kappa shape index (κ3) is 2.21. The van der Waals surface area contributed by atoms with Crippen molar-refractivity contribution in [3.63, 3.8) is 0 Å². The van der Waals surface area contributed by atoms with Gasteiger partial charge in [-0.25, -0.2) is 9.97 Å². The number of nitrogens with zero attached hydrogens (tertiary/aromatic N) is 3. The minimum Gasteiger partial charge on any atom is -0.481 e. The maximum atomic E-state index is 11.3. The highest BCUT2D eigenvalue weighted by atomic mass is 16.4. The topological polar surface area (TPSA) is 82.1 Å². The molecule has 0 aromatic carbocycles. The number of carboxylic acids is 1. The van der Waals surface area contributed by atoms with Crippen molar-refractivity contribution >= 4 is 22.8 Å². The maximum absolute atomic E-state index is 11.3. The Morgan fingerprint density at radius 1 is 1.45 bits per heavy atom. The van der Waals surface area contributed by atoms with Crippen molar-refractivity contribution in [3.05, 3.63) is 18.1 Å². The second kappa shape index (κ2) is 4.77. The first-order valence-corrected chi connectivity index (χ1v) is 6.84. The van der Waals surface area contributed by atoms with Gasteiger partial charge in [-0.2, -0.15) is 0 Å². The van der Waals surface area contributed by atoms with Crippen molar-refractivity contribution < 1.29 is 9.90 Å². The number of aryl methyl sites for hydroxylation is 1. The summed E-state index contributed by atoms with van der Waals surface area (Å²) in [6.07, 6.45) is 2.57. The van der Waals surface area contributed by atoms with Gasteiger partial charge in [0.25, 0.3) is 0 Å². The molecule has 1 saturated heterocycles. The minimum absolute atomic E-state index is 0.331. The second-order valence-corrected chi connectivity index (χ2v) is 5.62. The molecule has 2 aromatic heterocycles. The zero-order valence-corrected chi connectivity index (χ0v) is 11.6. The quantitative estimate of drug-likeness (QED) is 0.872. The van der Waals surface area contributed by atoms with E-state index in [2.05, 4.69) is 26.8 Å². The Morgan fingerprint density at radius 3 is 3.00 bits per heavy atom. The van der Waals surface area contributed by atoms with Crippen molar-refractivity contribution in [2.24, 2.45) is 11.8 Å².